The molecule has 550 valence electrons. The Kier molecular flexibility index (Phi) is 30.1. The number of alkyl halides is 3. The molecule has 1 spiro atoms. The van der Waals surface area contributed by atoms with Gasteiger partial charge in [0.05, 0.1) is 36.0 Å². The van der Waals surface area contributed by atoms with Crippen molar-refractivity contribution in [3.8, 4) is 0 Å². The molecule has 5 rings (SSSR count). The molecule has 2 saturated heterocycles. The molecule has 2 aliphatic heterocycles. The van der Waals surface area contributed by atoms with Crippen molar-refractivity contribution in [2.45, 2.75) is 180 Å². The largest absolute Gasteiger partial charge is 0.417 e. The number of hydrogen-bond acceptors (Lipinski definition) is 13. The second-order valence-electron chi connectivity index (χ2n) is 27.8. The molecule has 3 N–H and O–H groups in total. The maximum atomic E-state index is 15.4. The number of likely N-dealkylation sites (N-methyl/N-ethyl adjacent to an activating group) is 8. The molecule has 2 aromatic carbocycles. The number of thioether (sulfide) groups is 1. The fourth-order valence-electron chi connectivity index (χ4n) is 12.9. The van der Waals surface area contributed by atoms with Crippen molar-refractivity contribution in [2.75, 3.05) is 101 Å². The van der Waals surface area contributed by atoms with Gasteiger partial charge >= 0.3 is 6.18 Å². The van der Waals surface area contributed by atoms with E-state index in [0.717, 1.165) is 49.1 Å². The molecule has 3 aliphatic rings. The van der Waals surface area contributed by atoms with Crippen LogP contribution >= 0.6 is 23.4 Å². The Morgan fingerprint density at radius 2 is 1.26 bits per heavy atom. The van der Waals surface area contributed by atoms with Crippen LogP contribution in [0.2, 0.25) is 5.02 Å². The van der Waals surface area contributed by atoms with Crippen molar-refractivity contribution in [3.63, 3.8) is 0 Å². The van der Waals surface area contributed by atoms with Crippen molar-refractivity contribution in [1.82, 2.24) is 60.0 Å². The van der Waals surface area contributed by atoms with E-state index in [2.05, 4.69) is 16.0 Å². The Morgan fingerprint density at radius 3 is 1.84 bits per heavy atom. The van der Waals surface area contributed by atoms with Crippen LogP contribution in [0.1, 0.15) is 128 Å². The van der Waals surface area contributed by atoms with E-state index >= 15 is 14.4 Å². The van der Waals surface area contributed by atoms with Gasteiger partial charge in [-0.05, 0) is 92.9 Å². The Hall–Kier alpha value is -7.49. The van der Waals surface area contributed by atoms with Gasteiger partial charge in [-0.25, -0.2) is 0 Å². The van der Waals surface area contributed by atoms with Crippen LogP contribution in [0.4, 0.5) is 13.2 Å². The molecule has 29 heteroatoms. The van der Waals surface area contributed by atoms with Gasteiger partial charge in [-0.15, -0.1) is 11.8 Å². The maximum Gasteiger partial charge on any atom is 0.417 e. The number of carbonyl (C=O) groups excluding carboxylic acids is 12. The molecule has 2 heterocycles. The van der Waals surface area contributed by atoms with Crippen molar-refractivity contribution in [2.24, 2.45) is 17.8 Å². The number of rotatable bonds is 12. The first-order chi connectivity index (χ1) is 46.3. The number of nitrogens with one attached hydrogen (secondary N) is 3. The summed E-state index contributed by atoms with van der Waals surface area (Å²) in [5.74, 6) is -9.19. The standard InChI is InChI=1S/C70H104ClF3N12O12S/c1-17-44(6)59-66(96)81(12)38-56(88)79(10)39-57(89)83(14)53(36-47-25-23-43(5)24-26-47)65(95)80(11)37-55(87)75-50(30-28-46-27-29-48(49(71)35-46)70(72,73)74)63(93)86-33-21-22-51(86)62(92)77-69(31-19-20-32-69)68(98)85(16)60(45(7)18-2)67(97)84(15)54(64(94)78(8)9)40-99-41-58(90)82(13)52(34-42(3)4)61(91)76-59/h23-27,29,35,42,44-45,50-54,59-60H,17-22,28,30-34,36-41H2,1-16H3,(H,75,87)(H,76,91)(H,77,92)/t44-,45-,50-,51-,52-,53-,54-,59-,60-/m0/s1. The second-order valence-corrected chi connectivity index (χ2v) is 29.2. The lowest BCUT2D eigenvalue weighted by Gasteiger charge is -2.41. The van der Waals surface area contributed by atoms with Gasteiger partial charge in [0.2, 0.25) is 70.9 Å². The summed E-state index contributed by atoms with van der Waals surface area (Å²) in [5.41, 5.74) is -0.823. The van der Waals surface area contributed by atoms with E-state index in [1.165, 1.54) is 94.0 Å². The van der Waals surface area contributed by atoms with E-state index in [-0.39, 0.29) is 74.5 Å². The van der Waals surface area contributed by atoms with E-state index in [9.17, 15) is 56.3 Å². The first kappa shape index (κ1) is 82.2. The van der Waals surface area contributed by atoms with Crippen molar-refractivity contribution in [1.29, 1.82) is 0 Å². The smallest absolute Gasteiger partial charge is 0.347 e. The molecule has 12 amide bonds. The molecule has 3 fully saturated rings. The van der Waals surface area contributed by atoms with Gasteiger partial charge in [0.25, 0.3) is 0 Å². The molecule has 0 radical (unpaired) electrons. The number of benzene rings is 2. The maximum absolute atomic E-state index is 15.4. The molecule has 0 unspecified atom stereocenters. The predicted octanol–water partition coefficient (Wildman–Crippen LogP) is 4.89. The number of halogens is 4. The summed E-state index contributed by atoms with van der Waals surface area (Å²) in [6.07, 6.45) is -2.36. The topological polar surface area (TPSA) is 270 Å². The third kappa shape index (κ3) is 21.3. The number of carbonyl (C=O) groups is 12. The average molecular weight is 1430 g/mol. The van der Waals surface area contributed by atoms with Crippen molar-refractivity contribution in [3.05, 3.63) is 69.7 Å². The van der Waals surface area contributed by atoms with Crippen LogP contribution in [0.15, 0.2) is 42.5 Å². The quantitative estimate of drug-likeness (QED) is 0.256. The summed E-state index contributed by atoms with van der Waals surface area (Å²) in [5, 5.41) is 8.03. The van der Waals surface area contributed by atoms with E-state index in [4.69, 9.17) is 11.6 Å². The Bertz CT molecular complexity index is 3250. The highest BCUT2D eigenvalue weighted by Crippen LogP contribution is 2.37. The normalized spacial score (nSPS) is 24.4. The van der Waals surface area contributed by atoms with Crippen LogP contribution in [0.5, 0.6) is 0 Å². The minimum absolute atomic E-state index is 0.0206. The van der Waals surface area contributed by atoms with E-state index < -0.39 is 167 Å². The summed E-state index contributed by atoms with van der Waals surface area (Å²) >= 11 is 7.19. The minimum Gasteiger partial charge on any atom is -0.347 e. The highest BCUT2D eigenvalue weighted by atomic mass is 35.5. The first-order valence-corrected chi connectivity index (χ1v) is 35.6. The number of amides is 12. The monoisotopic (exact) mass is 1430 g/mol. The van der Waals surface area contributed by atoms with Gasteiger partial charge in [0.15, 0.2) is 0 Å². The van der Waals surface area contributed by atoms with E-state index in [0.29, 0.717) is 37.7 Å². The minimum atomic E-state index is -4.77. The van der Waals surface area contributed by atoms with Crippen LogP contribution in [-0.4, -0.2) is 264 Å². The average Bonchev–Trinajstić information content (AvgIpc) is 1.72. The Balaban J connectivity index is 1.60. The van der Waals surface area contributed by atoms with Crippen molar-refractivity contribution < 1.29 is 70.7 Å². The second kappa shape index (κ2) is 36.2. The Labute approximate surface area is 590 Å². The van der Waals surface area contributed by atoms with Crippen LogP contribution in [0.3, 0.4) is 0 Å². The highest BCUT2D eigenvalue weighted by Gasteiger charge is 2.50. The Morgan fingerprint density at radius 1 is 0.677 bits per heavy atom. The fraction of sp³-hybridized carbons (Fsp3) is 0.657. The molecular weight excluding hydrogens is 1330 g/mol. The number of nitrogens with zero attached hydrogens (tertiary/aromatic N) is 9. The molecule has 9 atom stereocenters. The molecule has 99 heavy (non-hydrogen) atoms. The molecule has 1 aliphatic carbocycles. The SMILES string of the molecule is CC[C@H](C)[C@@H]1NC(=O)[C@H](CC(C)C)N(C)C(=O)CSC[C@@H](C(=O)N(C)C)N(C)C(=O)[C@H]([C@@H](C)CC)N(C)C(=O)C2(CCCC2)NC(=O)[C@@H]2CCCN2C(=O)[C@H](CCc2ccc(C(F)(F)F)c(Cl)c2)NC(=O)CN(C)C(=O)[C@H](Cc2ccc(C)cc2)N(C)C(=O)CN(C)C(=O)CN(C)C1=O. The number of fused-ring (bicyclic) bond motifs is 1. The van der Waals surface area contributed by atoms with E-state index in [1.807, 2.05) is 46.8 Å². The van der Waals surface area contributed by atoms with Gasteiger partial charge < -0.3 is 60.0 Å². The van der Waals surface area contributed by atoms with Crippen LogP contribution < -0.4 is 16.0 Å². The summed E-state index contributed by atoms with van der Waals surface area (Å²) in [4.78, 5) is 187. The van der Waals surface area contributed by atoms with Crippen LogP contribution in [0, 0.1) is 24.7 Å². The lowest BCUT2D eigenvalue weighted by atomic mass is 9.90. The van der Waals surface area contributed by atoms with Crippen LogP contribution in [0.25, 0.3) is 0 Å². The molecule has 1 saturated carbocycles. The number of hydrogen-bond donors (Lipinski definition) is 3. The summed E-state index contributed by atoms with van der Waals surface area (Å²) in [6.45, 7) is 11.1. The van der Waals surface area contributed by atoms with Gasteiger partial charge in [-0.2, -0.15) is 13.2 Å². The summed E-state index contributed by atoms with van der Waals surface area (Å²) in [7, 11) is 12.9. The predicted molar refractivity (Wildman–Crippen MR) is 371 cm³/mol. The zero-order valence-corrected chi connectivity index (χ0v) is 62.0. The van der Waals surface area contributed by atoms with Crippen LogP contribution in [-0.2, 0) is 76.6 Å². The molecule has 2 aromatic rings. The highest BCUT2D eigenvalue weighted by molar-refractivity contribution is 8.00. The zero-order valence-electron chi connectivity index (χ0n) is 60.4. The first-order valence-electron chi connectivity index (χ1n) is 34.0. The van der Waals surface area contributed by atoms with Crippen molar-refractivity contribution >= 4 is 94.2 Å². The zero-order chi connectivity index (χ0) is 74.3. The number of aryl methyl sites for hydroxylation is 2. The van der Waals surface area contributed by atoms with Gasteiger partial charge in [-0.1, -0.05) is 115 Å². The lowest BCUT2D eigenvalue weighted by molar-refractivity contribution is -0.154. The van der Waals surface area contributed by atoms with Gasteiger partial charge in [0.1, 0.15) is 47.8 Å². The summed E-state index contributed by atoms with van der Waals surface area (Å²) in [6, 6.07) is 1.76. The third-order valence-electron chi connectivity index (χ3n) is 19.6. The molecular formula is C70H104ClF3N12O12S. The lowest BCUT2D eigenvalue weighted by Crippen LogP contribution is -2.65. The molecule has 0 bridgehead atoms. The molecule has 0 aromatic heterocycles. The fourth-order valence-corrected chi connectivity index (χ4v) is 14.3. The molecule has 24 nitrogen and oxygen atoms in total. The summed E-state index contributed by atoms with van der Waals surface area (Å²) < 4.78 is 41.5. The van der Waals surface area contributed by atoms with Gasteiger partial charge in [-0.3, -0.25) is 57.5 Å². The van der Waals surface area contributed by atoms with Gasteiger partial charge in [0, 0.05) is 82.1 Å². The third-order valence-corrected chi connectivity index (χ3v) is 20.9. The van der Waals surface area contributed by atoms with E-state index in [1.54, 1.807) is 26.0 Å².